The fraction of sp³-hybridized carbons (Fsp3) is 0.200. The van der Waals surface area contributed by atoms with Crippen LogP contribution in [-0.4, -0.2) is 30.3 Å². The summed E-state index contributed by atoms with van der Waals surface area (Å²) < 4.78 is 0. The highest BCUT2D eigenvalue weighted by atomic mass is 35.5. The number of nitrogens with zero attached hydrogens (tertiary/aromatic N) is 5. The third-order valence-corrected chi connectivity index (χ3v) is 4.08. The minimum Gasteiger partial charge on any atom is -0.321 e. The molecule has 1 aromatic carbocycles. The van der Waals surface area contributed by atoms with Crippen molar-refractivity contribution in [3.8, 4) is 0 Å². The molecule has 6 nitrogen and oxygen atoms in total. The van der Waals surface area contributed by atoms with Gasteiger partial charge in [0.2, 0.25) is 0 Å². The summed E-state index contributed by atoms with van der Waals surface area (Å²) in [6.45, 7) is 1.30. The van der Waals surface area contributed by atoms with E-state index in [0.717, 1.165) is 29.6 Å². The van der Waals surface area contributed by atoms with Crippen molar-refractivity contribution < 1.29 is 4.84 Å². The van der Waals surface area contributed by atoms with Gasteiger partial charge < -0.3 is 4.90 Å². The van der Waals surface area contributed by atoms with Gasteiger partial charge in [-0.3, -0.25) is 9.74 Å². The third kappa shape index (κ3) is 2.00. The van der Waals surface area contributed by atoms with Crippen molar-refractivity contribution in [1.29, 1.82) is 0 Å². The zero-order chi connectivity index (χ0) is 15.1. The van der Waals surface area contributed by atoms with E-state index in [1.165, 1.54) is 0 Å². The second kappa shape index (κ2) is 5.15. The van der Waals surface area contributed by atoms with Crippen molar-refractivity contribution in [2.45, 2.75) is 0 Å². The van der Waals surface area contributed by atoms with Crippen molar-refractivity contribution in [1.82, 2.24) is 9.96 Å². The lowest BCUT2D eigenvalue weighted by Gasteiger charge is -2.37. The summed E-state index contributed by atoms with van der Waals surface area (Å²) in [6.07, 6.45) is 5.87. The van der Waals surface area contributed by atoms with Crippen molar-refractivity contribution in [2.75, 3.05) is 25.2 Å². The van der Waals surface area contributed by atoms with Crippen LogP contribution in [0.5, 0.6) is 0 Å². The van der Waals surface area contributed by atoms with Crippen molar-refractivity contribution >= 4 is 17.3 Å². The van der Waals surface area contributed by atoms with Crippen LogP contribution < -0.4 is 4.90 Å². The van der Waals surface area contributed by atoms with Crippen LogP contribution in [0.3, 0.4) is 0 Å². The fourth-order valence-corrected chi connectivity index (χ4v) is 2.97. The van der Waals surface area contributed by atoms with Gasteiger partial charge in [0.1, 0.15) is 18.2 Å². The van der Waals surface area contributed by atoms with Crippen LogP contribution in [0.25, 0.3) is 0 Å². The molecule has 0 bridgehead atoms. The molecule has 0 amide bonds. The summed E-state index contributed by atoms with van der Waals surface area (Å²) >= 11 is 6.38. The van der Waals surface area contributed by atoms with E-state index in [4.69, 9.17) is 16.4 Å². The Morgan fingerprint density at radius 3 is 2.86 bits per heavy atom. The Labute approximate surface area is 133 Å². The summed E-state index contributed by atoms with van der Waals surface area (Å²) in [7, 11) is 1.63. The molecular weight excluding hydrogens is 302 g/mol. The molecule has 3 aliphatic rings. The predicted molar refractivity (Wildman–Crippen MR) is 83.5 cm³/mol. The zero-order valence-corrected chi connectivity index (χ0v) is 12.7. The normalized spacial score (nSPS) is 19.5. The molecule has 3 aliphatic heterocycles. The van der Waals surface area contributed by atoms with Gasteiger partial charge >= 0.3 is 0 Å². The van der Waals surface area contributed by atoms with Crippen molar-refractivity contribution in [2.24, 2.45) is 10.2 Å². The Hall–Kier alpha value is -2.31. The molecule has 1 aromatic rings. The van der Waals surface area contributed by atoms with Crippen LogP contribution in [0, 0.1) is 0 Å². The van der Waals surface area contributed by atoms with E-state index >= 15 is 0 Å². The van der Waals surface area contributed by atoms with Crippen LogP contribution >= 0.6 is 11.6 Å². The first-order valence-corrected chi connectivity index (χ1v) is 7.30. The summed E-state index contributed by atoms with van der Waals surface area (Å²) in [5.41, 5.74) is 1.77. The van der Waals surface area contributed by atoms with Gasteiger partial charge in [0.15, 0.2) is 5.82 Å². The van der Waals surface area contributed by atoms with Gasteiger partial charge in [-0.05, 0) is 18.2 Å². The fourth-order valence-electron chi connectivity index (χ4n) is 2.74. The first-order chi connectivity index (χ1) is 10.8. The summed E-state index contributed by atoms with van der Waals surface area (Å²) in [6, 6.07) is 7.80. The standard InChI is InChI=1S/C15H14ClN5O/c1-22-19-9-14-18-17-12-6-4-8-20(15(12)21(14)10-19)13-7-3-2-5-11(13)16/h2-7,9H,8,10H2,1H3. The molecule has 0 unspecified atom stereocenters. The average molecular weight is 316 g/mol. The Morgan fingerprint density at radius 2 is 2.05 bits per heavy atom. The minimum atomic E-state index is 0.568. The lowest BCUT2D eigenvalue weighted by molar-refractivity contribution is -0.0952. The SMILES string of the molecule is CON1C=C2N=NC3=C(N2C1)N(c1ccccc1Cl)CC=C3. The molecule has 0 spiro atoms. The molecule has 7 heteroatoms. The summed E-state index contributed by atoms with van der Waals surface area (Å²) in [5.74, 6) is 1.73. The predicted octanol–water partition coefficient (Wildman–Crippen LogP) is 3.29. The second-order valence-electron chi connectivity index (χ2n) is 5.03. The van der Waals surface area contributed by atoms with E-state index < -0.39 is 0 Å². The Balaban J connectivity index is 1.79. The molecule has 0 aliphatic carbocycles. The quantitative estimate of drug-likeness (QED) is 0.840. The molecule has 0 aromatic heterocycles. The number of azo groups is 1. The number of fused-ring (bicyclic) bond motifs is 2. The molecule has 0 fully saturated rings. The van der Waals surface area contributed by atoms with Crippen LogP contribution in [0.2, 0.25) is 5.02 Å². The lowest BCUT2D eigenvalue weighted by atomic mass is 10.2. The largest absolute Gasteiger partial charge is 0.321 e. The lowest BCUT2D eigenvalue weighted by Crippen LogP contribution is -2.39. The number of para-hydroxylation sites is 1. The summed E-state index contributed by atoms with van der Waals surface area (Å²) in [4.78, 5) is 9.49. The maximum absolute atomic E-state index is 6.38. The van der Waals surface area contributed by atoms with Crippen molar-refractivity contribution in [3.63, 3.8) is 0 Å². The van der Waals surface area contributed by atoms with Crippen LogP contribution in [-0.2, 0) is 4.84 Å². The number of hydroxylamine groups is 2. The Morgan fingerprint density at radius 1 is 1.18 bits per heavy atom. The molecule has 3 heterocycles. The Kier molecular flexibility index (Phi) is 3.13. The topological polar surface area (TPSA) is 43.7 Å². The number of hydrogen-bond acceptors (Lipinski definition) is 6. The molecule has 0 radical (unpaired) electrons. The minimum absolute atomic E-state index is 0.568. The van der Waals surface area contributed by atoms with E-state index in [-0.39, 0.29) is 0 Å². The number of rotatable bonds is 2. The maximum Gasteiger partial charge on any atom is 0.177 e. The first kappa shape index (κ1) is 13.4. The van der Waals surface area contributed by atoms with E-state index in [2.05, 4.69) is 26.1 Å². The zero-order valence-electron chi connectivity index (χ0n) is 12.0. The monoisotopic (exact) mass is 315 g/mol. The number of benzene rings is 1. The average Bonchev–Trinajstić information content (AvgIpc) is 2.98. The maximum atomic E-state index is 6.38. The van der Waals surface area contributed by atoms with E-state index in [1.807, 2.05) is 36.5 Å². The van der Waals surface area contributed by atoms with E-state index in [0.29, 0.717) is 11.7 Å². The molecule has 0 saturated carbocycles. The third-order valence-electron chi connectivity index (χ3n) is 3.76. The second-order valence-corrected chi connectivity index (χ2v) is 5.44. The smallest absolute Gasteiger partial charge is 0.177 e. The van der Waals surface area contributed by atoms with Crippen LogP contribution in [0.4, 0.5) is 5.69 Å². The molecule has 4 rings (SSSR count). The molecule has 22 heavy (non-hydrogen) atoms. The summed E-state index contributed by atoms with van der Waals surface area (Å²) in [5, 5.41) is 11.0. The van der Waals surface area contributed by atoms with Crippen LogP contribution in [0.1, 0.15) is 0 Å². The van der Waals surface area contributed by atoms with Gasteiger partial charge in [0, 0.05) is 6.54 Å². The van der Waals surface area contributed by atoms with Crippen LogP contribution in [0.15, 0.2) is 70.2 Å². The number of hydrogen-bond donors (Lipinski definition) is 0. The molecule has 0 saturated heterocycles. The van der Waals surface area contributed by atoms with Crippen molar-refractivity contribution in [3.05, 3.63) is 65.0 Å². The van der Waals surface area contributed by atoms with Gasteiger partial charge in [-0.15, -0.1) is 10.2 Å². The highest BCUT2D eigenvalue weighted by Crippen LogP contribution is 2.38. The molecular formula is C15H14ClN5O. The molecule has 112 valence electrons. The number of allylic oxidation sites excluding steroid dienone is 1. The van der Waals surface area contributed by atoms with Gasteiger partial charge in [0.05, 0.1) is 24.0 Å². The van der Waals surface area contributed by atoms with Gasteiger partial charge in [-0.2, -0.15) is 0 Å². The van der Waals surface area contributed by atoms with E-state index in [9.17, 15) is 0 Å². The van der Waals surface area contributed by atoms with Gasteiger partial charge in [-0.25, -0.2) is 5.06 Å². The molecule has 0 N–H and O–H groups in total. The number of halogens is 1. The van der Waals surface area contributed by atoms with Gasteiger partial charge in [0.25, 0.3) is 0 Å². The highest BCUT2D eigenvalue weighted by molar-refractivity contribution is 6.33. The molecule has 0 atom stereocenters. The Bertz CT molecular complexity index is 739. The van der Waals surface area contributed by atoms with E-state index in [1.54, 1.807) is 12.2 Å². The first-order valence-electron chi connectivity index (χ1n) is 6.92. The van der Waals surface area contributed by atoms with Gasteiger partial charge in [-0.1, -0.05) is 29.8 Å². The number of anilines is 1. The highest BCUT2D eigenvalue weighted by Gasteiger charge is 2.34.